The highest BCUT2D eigenvalue weighted by Crippen LogP contribution is 2.29. The van der Waals surface area contributed by atoms with Crippen molar-refractivity contribution in [3.8, 4) is 0 Å². The van der Waals surface area contributed by atoms with Crippen LogP contribution in [0.15, 0.2) is 0 Å². The molecule has 8 atom stereocenters. The molecule has 0 aromatic rings. The summed E-state index contributed by atoms with van der Waals surface area (Å²) in [4.78, 5) is 22.7. The van der Waals surface area contributed by atoms with Crippen molar-refractivity contribution in [3.05, 3.63) is 0 Å². The van der Waals surface area contributed by atoms with Crippen LogP contribution in [0.4, 0.5) is 0 Å². The Balaban J connectivity index is 2.07. The van der Waals surface area contributed by atoms with Gasteiger partial charge in [0.15, 0.2) is 18.7 Å². The molecule has 0 unspecified atom stereocenters. The first kappa shape index (κ1) is 21.0. The Hall–Kier alpha value is -1.30. The maximum atomic E-state index is 11.4. The molecule has 0 bridgehead atoms. The maximum absolute atomic E-state index is 11.4. The van der Waals surface area contributed by atoms with Crippen molar-refractivity contribution in [2.24, 2.45) is 0 Å². The molecule has 10 heteroatoms. The summed E-state index contributed by atoms with van der Waals surface area (Å²) in [5.74, 6) is -1.06. The molecule has 150 valence electrons. The molecule has 2 N–H and O–H groups in total. The number of carbonyl (C=O) groups excluding carboxylic acids is 2. The zero-order chi connectivity index (χ0) is 19.4. The molecular formula is C16H26O10. The van der Waals surface area contributed by atoms with Crippen LogP contribution in [0.25, 0.3) is 0 Å². The highest BCUT2D eigenvalue weighted by Gasteiger charge is 2.46. The average molecular weight is 378 g/mol. The molecule has 0 radical (unpaired) electrons. The van der Waals surface area contributed by atoms with E-state index in [2.05, 4.69) is 0 Å². The number of methoxy groups -OCH3 is 1. The largest absolute Gasteiger partial charge is 0.458 e. The van der Waals surface area contributed by atoms with Gasteiger partial charge in [0.2, 0.25) is 0 Å². The third kappa shape index (κ3) is 5.12. The molecule has 0 saturated carbocycles. The summed E-state index contributed by atoms with van der Waals surface area (Å²) in [6.07, 6.45) is -7.31. The average Bonchev–Trinajstić information content (AvgIpc) is 2.54. The molecule has 2 aliphatic heterocycles. The van der Waals surface area contributed by atoms with Gasteiger partial charge in [-0.2, -0.15) is 0 Å². The molecule has 0 aliphatic carbocycles. The minimum absolute atomic E-state index is 0.0658. The van der Waals surface area contributed by atoms with Gasteiger partial charge in [-0.15, -0.1) is 0 Å². The zero-order valence-electron chi connectivity index (χ0n) is 15.2. The van der Waals surface area contributed by atoms with Crippen LogP contribution in [0.5, 0.6) is 0 Å². The van der Waals surface area contributed by atoms with E-state index in [9.17, 15) is 19.8 Å². The van der Waals surface area contributed by atoms with Crippen molar-refractivity contribution in [3.63, 3.8) is 0 Å². The van der Waals surface area contributed by atoms with E-state index in [1.165, 1.54) is 21.0 Å². The van der Waals surface area contributed by atoms with Crippen LogP contribution in [-0.2, 0) is 38.0 Å². The predicted molar refractivity (Wildman–Crippen MR) is 83.7 cm³/mol. The summed E-state index contributed by atoms with van der Waals surface area (Å²) in [5.41, 5.74) is 0. The van der Waals surface area contributed by atoms with E-state index < -0.39 is 61.1 Å². The number of rotatable bonds is 5. The van der Waals surface area contributed by atoms with Gasteiger partial charge in [0.1, 0.15) is 24.4 Å². The van der Waals surface area contributed by atoms with E-state index in [0.717, 1.165) is 0 Å². The number of ether oxygens (including phenoxy) is 6. The van der Waals surface area contributed by atoms with E-state index in [1.54, 1.807) is 6.92 Å². The normalized spacial score (nSPS) is 40.7. The Kier molecular flexibility index (Phi) is 7.33. The lowest BCUT2D eigenvalue weighted by Gasteiger charge is -2.43. The first-order valence-electron chi connectivity index (χ1n) is 8.38. The molecule has 0 spiro atoms. The predicted octanol–water partition coefficient (Wildman–Crippen LogP) is -0.906. The van der Waals surface area contributed by atoms with E-state index in [-0.39, 0.29) is 13.0 Å². The SMILES string of the molecule is CO[C@H]1OC[C@H](O)[C@H](O[C@@H]2C[C@H](OC(C)=O)[C@@H](OC(C)=O)[C@H](C)O2)[C@H]1O. The summed E-state index contributed by atoms with van der Waals surface area (Å²) in [6.45, 7) is 4.07. The van der Waals surface area contributed by atoms with Crippen LogP contribution in [0, 0.1) is 0 Å². The fraction of sp³-hybridized carbons (Fsp3) is 0.875. The fourth-order valence-corrected chi connectivity index (χ4v) is 3.10. The van der Waals surface area contributed by atoms with Gasteiger partial charge in [0, 0.05) is 27.4 Å². The fourth-order valence-electron chi connectivity index (χ4n) is 3.10. The third-order valence-electron chi connectivity index (χ3n) is 4.21. The minimum atomic E-state index is -1.24. The molecule has 10 nitrogen and oxygen atoms in total. The highest BCUT2D eigenvalue weighted by molar-refractivity contribution is 5.67. The molecular weight excluding hydrogens is 352 g/mol. The van der Waals surface area contributed by atoms with Crippen molar-refractivity contribution in [1.82, 2.24) is 0 Å². The van der Waals surface area contributed by atoms with Crippen LogP contribution in [-0.4, -0.2) is 85.1 Å². The van der Waals surface area contributed by atoms with Gasteiger partial charge in [-0.1, -0.05) is 0 Å². The maximum Gasteiger partial charge on any atom is 0.303 e. The number of carbonyl (C=O) groups is 2. The quantitative estimate of drug-likeness (QED) is 0.580. The molecule has 26 heavy (non-hydrogen) atoms. The second-order valence-electron chi connectivity index (χ2n) is 6.32. The van der Waals surface area contributed by atoms with Crippen LogP contribution in [0.2, 0.25) is 0 Å². The summed E-state index contributed by atoms with van der Waals surface area (Å²) in [5, 5.41) is 20.3. The van der Waals surface area contributed by atoms with E-state index in [1.807, 2.05) is 0 Å². The van der Waals surface area contributed by atoms with Crippen LogP contribution < -0.4 is 0 Å². The standard InChI is InChI=1S/C16H26O10/c1-7-14(25-9(3)18)11(24-8(2)17)5-12(23-7)26-15-10(19)6-22-16(21-4)13(15)20/h7,10-16,19-20H,5-6H2,1-4H3/t7-,10-,11-,12+,13+,14-,15-,16-/m0/s1. The van der Waals surface area contributed by atoms with Gasteiger partial charge in [-0.3, -0.25) is 9.59 Å². The number of hydrogen-bond acceptors (Lipinski definition) is 10. The third-order valence-corrected chi connectivity index (χ3v) is 4.21. The van der Waals surface area contributed by atoms with Gasteiger partial charge < -0.3 is 38.6 Å². The smallest absolute Gasteiger partial charge is 0.303 e. The van der Waals surface area contributed by atoms with E-state index >= 15 is 0 Å². The number of hydrogen-bond donors (Lipinski definition) is 2. The molecule has 2 aliphatic rings. The second kappa shape index (κ2) is 9.07. The summed E-state index contributed by atoms with van der Waals surface area (Å²) in [6, 6.07) is 0. The number of aliphatic hydroxyl groups excluding tert-OH is 2. The number of esters is 2. The van der Waals surface area contributed by atoms with Crippen LogP contribution >= 0.6 is 0 Å². The van der Waals surface area contributed by atoms with Gasteiger partial charge in [-0.25, -0.2) is 0 Å². The Morgan fingerprint density at radius 1 is 1.08 bits per heavy atom. The van der Waals surface area contributed by atoms with Crippen molar-refractivity contribution >= 4 is 11.9 Å². The van der Waals surface area contributed by atoms with Gasteiger partial charge in [0.05, 0.1) is 12.7 Å². The first-order chi connectivity index (χ1) is 12.2. The molecule has 2 saturated heterocycles. The van der Waals surface area contributed by atoms with Gasteiger partial charge >= 0.3 is 11.9 Å². The summed E-state index contributed by atoms with van der Waals surface area (Å²) >= 11 is 0. The van der Waals surface area contributed by atoms with Crippen molar-refractivity contribution < 1.29 is 48.2 Å². The molecule has 2 heterocycles. The monoisotopic (exact) mass is 378 g/mol. The van der Waals surface area contributed by atoms with E-state index in [4.69, 9.17) is 28.4 Å². The number of aliphatic hydroxyl groups is 2. The lowest BCUT2D eigenvalue weighted by Crippen LogP contribution is -2.58. The Morgan fingerprint density at radius 3 is 2.31 bits per heavy atom. The van der Waals surface area contributed by atoms with Gasteiger partial charge in [0.25, 0.3) is 0 Å². The molecule has 0 aromatic heterocycles. The second-order valence-corrected chi connectivity index (χ2v) is 6.32. The zero-order valence-corrected chi connectivity index (χ0v) is 15.2. The Labute approximate surface area is 151 Å². The molecule has 0 aromatic carbocycles. The lowest BCUT2D eigenvalue weighted by atomic mass is 10.0. The summed E-state index contributed by atoms with van der Waals surface area (Å²) < 4.78 is 32.0. The lowest BCUT2D eigenvalue weighted by molar-refractivity contribution is -0.321. The molecule has 0 amide bonds. The van der Waals surface area contributed by atoms with Crippen molar-refractivity contribution in [2.45, 2.75) is 76.4 Å². The Morgan fingerprint density at radius 2 is 1.73 bits per heavy atom. The van der Waals surface area contributed by atoms with Crippen molar-refractivity contribution in [1.29, 1.82) is 0 Å². The summed E-state index contributed by atoms with van der Waals surface area (Å²) in [7, 11) is 1.36. The van der Waals surface area contributed by atoms with E-state index in [0.29, 0.717) is 0 Å². The highest BCUT2D eigenvalue weighted by atomic mass is 16.7. The van der Waals surface area contributed by atoms with Crippen molar-refractivity contribution in [2.75, 3.05) is 13.7 Å². The van der Waals surface area contributed by atoms with Gasteiger partial charge in [-0.05, 0) is 6.92 Å². The minimum Gasteiger partial charge on any atom is -0.458 e. The topological polar surface area (TPSA) is 130 Å². The Bertz CT molecular complexity index is 497. The van der Waals surface area contributed by atoms with Crippen LogP contribution in [0.1, 0.15) is 27.2 Å². The van der Waals surface area contributed by atoms with Crippen LogP contribution in [0.3, 0.4) is 0 Å². The first-order valence-corrected chi connectivity index (χ1v) is 8.38. The molecule has 2 rings (SSSR count). The molecule has 2 fully saturated rings.